The van der Waals surface area contributed by atoms with Gasteiger partial charge in [0, 0.05) is 11.6 Å². The van der Waals surface area contributed by atoms with Crippen molar-refractivity contribution in [2.75, 3.05) is 18.0 Å². The van der Waals surface area contributed by atoms with Crippen molar-refractivity contribution in [2.24, 2.45) is 4.99 Å². The molecular formula is C17H14ClN3O. The lowest BCUT2D eigenvalue weighted by molar-refractivity contribution is 0.0851. The number of anilines is 1. The van der Waals surface area contributed by atoms with Crippen molar-refractivity contribution in [2.45, 2.75) is 6.54 Å². The first-order valence-electron chi connectivity index (χ1n) is 7.22. The summed E-state index contributed by atoms with van der Waals surface area (Å²) in [5.41, 5.74) is 2.63. The van der Waals surface area contributed by atoms with Gasteiger partial charge >= 0.3 is 0 Å². The average Bonchev–Trinajstić information content (AvgIpc) is 3.03. The average molecular weight is 312 g/mol. The van der Waals surface area contributed by atoms with Crippen molar-refractivity contribution in [3.63, 3.8) is 0 Å². The SMILES string of the molecule is O=C1c2ccccc2N(Cc2ccccc2Cl)C2=NCCN12. The van der Waals surface area contributed by atoms with Gasteiger partial charge in [-0.25, -0.2) is 0 Å². The number of nitrogens with zero attached hydrogens (tertiary/aromatic N) is 3. The molecule has 2 heterocycles. The Balaban J connectivity index is 1.81. The monoisotopic (exact) mass is 311 g/mol. The topological polar surface area (TPSA) is 35.9 Å². The zero-order valence-electron chi connectivity index (χ0n) is 11.9. The second-order valence-corrected chi connectivity index (χ2v) is 5.74. The summed E-state index contributed by atoms with van der Waals surface area (Å²) in [5, 5.41) is 0.724. The van der Waals surface area contributed by atoms with E-state index < -0.39 is 0 Å². The van der Waals surface area contributed by atoms with Crippen LogP contribution in [-0.2, 0) is 6.54 Å². The summed E-state index contributed by atoms with van der Waals surface area (Å²) in [5.74, 6) is 0.755. The van der Waals surface area contributed by atoms with Gasteiger partial charge in [-0.15, -0.1) is 0 Å². The smallest absolute Gasteiger partial charge is 0.262 e. The maximum Gasteiger partial charge on any atom is 0.262 e. The second-order valence-electron chi connectivity index (χ2n) is 5.33. The molecule has 1 amide bonds. The third-order valence-corrected chi connectivity index (χ3v) is 4.39. The number of halogens is 1. The molecule has 0 bridgehead atoms. The highest BCUT2D eigenvalue weighted by molar-refractivity contribution is 6.31. The number of rotatable bonds is 2. The van der Waals surface area contributed by atoms with Gasteiger partial charge in [0.05, 0.1) is 24.3 Å². The quantitative estimate of drug-likeness (QED) is 0.854. The van der Waals surface area contributed by atoms with Gasteiger partial charge in [-0.3, -0.25) is 14.7 Å². The molecule has 0 aliphatic carbocycles. The molecule has 0 aromatic heterocycles. The molecule has 110 valence electrons. The molecule has 2 aromatic rings. The first kappa shape index (κ1) is 13.3. The molecule has 0 saturated heterocycles. The van der Waals surface area contributed by atoms with Gasteiger partial charge < -0.3 is 4.90 Å². The summed E-state index contributed by atoms with van der Waals surface area (Å²) in [6.45, 7) is 1.88. The third kappa shape index (κ3) is 1.99. The van der Waals surface area contributed by atoms with Gasteiger partial charge in [0.1, 0.15) is 0 Å². The van der Waals surface area contributed by atoms with E-state index in [0.717, 1.165) is 27.8 Å². The molecule has 0 N–H and O–H groups in total. The zero-order chi connectivity index (χ0) is 15.1. The second kappa shape index (κ2) is 5.14. The number of carbonyl (C=O) groups is 1. The highest BCUT2D eigenvalue weighted by atomic mass is 35.5. The lowest BCUT2D eigenvalue weighted by Gasteiger charge is -2.36. The molecule has 4 rings (SSSR count). The van der Waals surface area contributed by atoms with Crippen LogP contribution in [0.1, 0.15) is 15.9 Å². The highest BCUT2D eigenvalue weighted by Crippen LogP contribution is 2.32. The van der Waals surface area contributed by atoms with Crippen LogP contribution >= 0.6 is 11.6 Å². The Morgan fingerprint density at radius 2 is 1.86 bits per heavy atom. The Bertz CT molecular complexity index is 787. The van der Waals surface area contributed by atoms with Crippen molar-refractivity contribution in [3.8, 4) is 0 Å². The predicted octanol–water partition coefficient (Wildman–Crippen LogP) is 3.17. The van der Waals surface area contributed by atoms with Crippen molar-refractivity contribution in [1.82, 2.24) is 4.90 Å². The van der Waals surface area contributed by atoms with Crippen LogP contribution in [0, 0.1) is 0 Å². The molecule has 0 saturated carbocycles. The van der Waals surface area contributed by atoms with Gasteiger partial charge in [-0.05, 0) is 23.8 Å². The summed E-state index contributed by atoms with van der Waals surface area (Å²) in [7, 11) is 0. The summed E-state index contributed by atoms with van der Waals surface area (Å²) >= 11 is 6.30. The van der Waals surface area contributed by atoms with Gasteiger partial charge in [0.15, 0.2) is 0 Å². The van der Waals surface area contributed by atoms with E-state index in [9.17, 15) is 4.79 Å². The minimum atomic E-state index is 0.0299. The minimum absolute atomic E-state index is 0.0299. The predicted molar refractivity (Wildman–Crippen MR) is 87.4 cm³/mol. The summed E-state index contributed by atoms with van der Waals surface area (Å²) in [6.07, 6.45) is 0. The largest absolute Gasteiger partial charge is 0.307 e. The Labute approximate surface area is 133 Å². The summed E-state index contributed by atoms with van der Waals surface area (Å²) in [6, 6.07) is 15.4. The van der Waals surface area contributed by atoms with Gasteiger partial charge in [0.2, 0.25) is 5.96 Å². The van der Waals surface area contributed by atoms with E-state index in [1.165, 1.54) is 0 Å². The Hall–Kier alpha value is -2.33. The van der Waals surface area contributed by atoms with Crippen LogP contribution in [0.2, 0.25) is 5.02 Å². The third-order valence-electron chi connectivity index (χ3n) is 4.02. The van der Waals surface area contributed by atoms with Gasteiger partial charge in [-0.1, -0.05) is 41.9 Å². The first-order valence-corrected chi connectivity index (χ1v) is 7.60. The fourth-order valence-corrected chi connectivity index (χ4v) is 3.15. The molecule has 0 fully saturated rings. The normalized spacial score (nSPS) is 16.4. The van der Waals surface area contributed by atoms with Crippen LogP contribution in [0.15, 0.2) is 53.5 Å². The molecule has 5 heteroatoms. The maximum atomic E-state index is 12.6. The summed E-state index contributed by atoms with van der Waals surface area (Å²) < 4.78 is 0. The molecule has 2 aliphatic heterocycles. The molecule has 0 spiro atoms. The molecule has 2 aromatic carbocycles. The van der Waals surface area contributed by atoms with E-state index in [0.29, 0.717) is 19.6 Å². The molecule has 0 unspecified atom stereocenters. The van der Waals surface area contributed by atoms with E-state index >= 15 is 0 Å². The molecule has 22 heavy (non-hydrogen) atoms. The standard InChI is InChI=1S/C17H14ClN3O/c18-14-7-3-1-5-12(14)11-21-15-8-4-2-6-13(15)16(22)20-10-9-19-17(20)21/h1-8H,9-11H2. The van der Waals surface area contributed by atoms with Gasteiger partial charge in [-0.2, -0.15) is 0 Å². The van der Waals surface area contributed by atoms with Crippen LogP contribution in [0.5, 0.6) is 0 Å². The Morgan fingerprint density at radius 1 is 1.09 bits per heavy atom. The number of fused-ring (bicyclic) bond motifs is 2. The molecule has 2 aliphatic rings. The van der Waals surface area contributed by atoms with Crippen molar-refractivity contribution in [1.29, 1.82) is 0 Å². The van der Waals surface area contributed by atoms with Crippen LogP contribution < -0.4 is 4.90 Å². The lowest BCUT2D eigenvalue weighted by Crippen LogP contribution is -2.49. The maximum absolute atomic E-state index is 12.6. The fraction of sp³-hybridized carbons (Fsp3) is 0.176. The lowest BCUT2D eigenvalue weighted by atomic mass is 10.1. The number of para-hydroxylation sites is 1. The number of benzene rings is 2. The highest BCUT2D eigenvalue weighted by Gasteiger charge is 2.37. The van der Waals surface area contributed by atoms with E-state index in [1.807, 2.05) is 48.5 Å². The van der Waals surface area contributed by atoms with E-state index in [-0.39, 0.29) is 5.91 Å². The molecule has 0 radical (unpaired) electrons. The van der Waals surface area contributed by atoms with Crippen molar-refractivity contribution in [3.05, 3.63) is 64.7 Å². The van der Waals surface area contributed by atoms with Crippen LogP contribution in [0.3, 0.4) is 0 Å². The zero-order valence-corrected chi connectivity index (χ0v) is 12.6. The number of carbonyl (C=O) groups excluding carboxylic acids is 1. The van der Waals surface area contributed by atoms with Crippen LogP contribution in [-0.4, -0.2) is 29.9 Å². The van der Waals surface area contributed by atoms with Crippen molar-refractivity contribution >= 4 is 29.2 Å². The Kier molecular flexibility index (Phi) is 3.12. The van der Waals surface area contributed by atoms with Crippen molar-refractivity contribution < 1.29 is 4.79 Å². The minimum Gasteiger partial charge on any atom is -0.307 e. The molecular weight excluding hydrogens is 298 g/mol. The van der Waals surface area contributed by atoms with E-state index in [2.05, 4.69) is 9.89 Å². The van der Waals surface area contributed by atoms with Gasteiger partial charge in [0.25, 0.3) is 5.91 Å². The number of hydrogen-bond donors (Lipinski definition) is 0. The first-order chi connectivity index (χ1) is 10.8. The Morgan fingerprint density at radius 3 is 2.73 bits per heavy atom. The number of guanidine groups is 1. The number of amides is 1. The molecule has 0 atom stereocenters. The summed E-state index contributed by atoms with van der Waals surface area (Å²) in [4.78, 5) is 20.9. The number of aliphatic imine (C=N–C) groups is 1. The van der Waals surface area contributed by atoms with E-state index in [4.69, 9.17) is 11.6 Å². The fourth-order valence-electron chi connectivity index (χ4n) is 2.95. The molecule has 4 nitrogen and oxygen atoms in total. The van der Waals surface area contributed by atoms with E-state index in [1.54, 1.807) is 4.90 Å². The van der Waals surface area contributed by atoms with Crippen LogP contribution in [0.25, 0.3) is 0 Å². The number of hydrogen-bond acceptors (Lipinski definition) is 3. The van der Waals surface area contributed by atoms with Crippen LogP contribution in [0.4, 0.5) is 5.69 Å².